The third kappa shape index (κ3) is 5.75. The Morgan fingerprint density at radius 3 is 2.52 bits per heavy atom. The maximum atomic E-state index is 13.5. The molecular formula is C26H33BrN2O4. The van der Waals surface area contributed by atoms with Gasteiger partial charge in [-0.2, -0.15) is 0 Å². The second kappa shape index (κ2) is 10.7. The van der Waals surface area contributed by atoms with Gasteiger partial charge >= 0.3 is 6.03 Å². The Kier molecular flexibility index (Phi) is 7.68. The van der Waals surface area contributed by atoms with Gasteiger partial charge < -0.3 is 19.1 Å². The Morgan fingerprint density at radius 2 is 1.79 bits per heavy atom. The van der Waals surface area contributed by atoms with E-state index in [4.69, 9.17) is 14.2 Å². The molecule has 6 nitrogen and oxygen atoms in total. The van der Waals surface area contributed by atoms with Crippen LogP contribution in [0.2, 0.25) is 0 Å². The summed E-state index contributed by atoms with van der Waals surface area (Å²) in [5, 5.41) is 0. The van der Waals surface area contributed by atoms with Gasteiger partial charge in [0.15, 0.2) is 11.5 Å². The SMILES string of the molecule is COc1cc(Br)ccc1CN1C(=O)N(c2ccc(OC)c(OCCCC3CC3)c2)CCC1C. The number of rotatable bonds is 10. The fourth-order valence-corrected chi connectivity index (χ4v) is 4.65. The third-order valence-electron chi connectivity index (χ3n) is 6.54. The van der Waals surface area contributed by atoms with Gasteiger partial charge in [0.2, 0.25) is 0 Å². The van der Waals surface area contributed by atoms with Crippen LogP contribution in [0.15, 0.2) is 40.9 Å². The van der Waals surface area contributed by atoms with Crippen LogP contribution < -0.4 is 19.1 Å². The second-order valence-electron chi connectivity index (χ2n) is 8.93. The van der Waals surface area contributed by atoms with E-state index in [1.807, 2.05) is 46.2 Å². The van der Waals surface area contributed by atoms with Crippen LogP contribution in [0.25, 0.3) is 0 Å². The van der Waals surface area contributed by atoms with Crippen molar-refractivity contribution in [3.63, 3.8) is 0 Å². The fraction of sp³-hybridized carbons (Fsp3) is 0.500. The lowest BCUT2D eigenvalue weighted by atomic mass is 10.1. The molecule has 7 heteroatoms. The summed E-state index contributed by atoms with van der Waals surface area (Å²) < 4.78 is 18.1. The van der Waals surface area contributed by atoms with Crippen molar-refractivity contribution in [2.75, 3.05) is 32.3 Å². The highest BCUT2D eigenvalue weighted by molar-refractivity contribution is 9.10. The van der Waals surface area contributed by atoms with Gasteiger partial charge in [0, 0.05) is 34.4 Å². The van der Waals surface area contributed by atoms with Crippen molar-refractivity contribution in [1.82, 2.24) is 4.90 Å². The van der Waals surface area contributed by atoms with E-state index in [0.717, 1.165) is 40.2 Å². The van der Waals surface area contributed by atoms with E-state index in [2.05, 4.69) is 22.9 Å². The van der Waals surface area contributed by atoms with E-state index < -0.39 is 0 Å². The van der Waals surface area contributed by atoms with E-state index in [1.165, 1.54) is 19.3 Å². The van der Waals surface area contributed by atoms with Gasteiger partial charge in [0.25, 0.3) is 0 Å². The van der Waals surface area contributed by atoms with Crippen molar-refractivity contribution < 1.29 is 19.0 Å². The van der Waals surface area contributed by atoms with Gasteiger partial charge in [0.05, 0.1) is 27.4 Å². The Bertz CT molecular complexity index is 979. The van der Waals surface area contributed by atoms with Crippen molar-refractivity contribution in [3.05, 3.63) is 46.4 Å². The number of amides is 2. The topological polar surface area (TPSA) is 51.2 Å². The molecule has 1 aliphatic carbocycles. The average molecular weight is 517 g/mol. The van der Waals surface area contributed by atoms with Crippen molar-refractivity contribution >= 4 is 27.6 Å². The normalized spacial score (nSPS) is 18.4. The molecule has 2 aromatic rings. The molecule has 178 valence electrons. The number of benzene rings is 2. The summed E-state index contributed by atoms with van der Waals surface area (Å²) in [6, 6.07) is 11.8. The molecule has 0 spiro atoms. The van der Waals surface area contributed by atoms with Gasteiger partial charge in [-0.1, -0.05) is 34.8 Å². The minimum atomic E-state index is -0.0106. The Balaban J connectivity index is 1.49. The molecular weight excluding hydrogens is 484 g/mol. The van der Waals surface area contributed by atoms with Crippen LogP contribution in [-0.4, -0.2) is 44.3 Å². The molecule has 1 atom stereocenters. The monoisotopic (exact) mass is 516 g/mol. The number of hydrogen-bond donors (Lipinski definition) is 0. The molecule has 0 N–H and O–H groups in total. The molecule has 1 saturated carbocycles. The van der Waals surface area contributed by atoms with Crippen LogP contribution in [-0.2, 0) is 6.54 Å². The molecule has 2 fully saturated rings. The minimum absolute atomic E-state index is 0.0106. The number of hydrogen-bond acceptors (Lipinski definition) is 4. The zero-order valence-electron chi connectivity index (χ0n) is 19.7. The van der Waals surface area contributed by atoms with Gasteiger partial charge in [-0.25, -0.2) is 4.79 Å². The van der Waals surface area contributed by atoms with Gasteiger partial charge in [-0.05, 0) is 56.4 Å². The minimum Gasteiger partial charge on any atom is -0.496 e. The summed E-state index contributed by atoms with van der Waals surface area (Å²) in [7, 11) is 3.30. The predicted octanol–water partition coefficient (Wildman–Crippen LogP) is 6.26. The number of anilines is 1. The van der Waals surface area contributed by atoms with Crippen LogP contribution in [0.1, 0.15) is 44.6 Å². The summed E-state index contributed by atoms with van der Waals surface area (Å²) in [4.78, 5) is 17.3. The molecule has 1 heterocycles. The molecule has 0 bridgehead atoms. The number of nitrogens with zero attached hydrogens (tertiary/aromatic N) is 2. The standard InChI is InChI=1S/C26H33BrN2O4/c1-18-12-13-28(26(30)29(18)17-20-8-9-21(27)15-24(20)32-3)22-10-11-23(31-2)25(16-22)33-14-4-5-19-6-7-19/h8-11,15-16,18-19H,4-7,12-14,17H2,1-3H3. The highest BCUT2D eigenvalue weighted by Gasteiger charge is 2.32. The molecule has 1 unspecified atom stereocenters. The molecule has 2 aliphatic rings. The molecule has 4 rings (SSSR count). The highest BCUT2D eigenvalue weighted by Crippen LogP contribution is 2.36. The van der Waals surface area contributed by atoms with Crippen molar-refractivity contribution in [1.29, 1.82) is 0 Å². The van der Waals surface area contributed by atoms with Gasteiger partial charge in [-0.3, -0.25) is 4.90 Å². The number of halogens is 1. The average Bonchev–Trinajstić information content (AvgIpc) is 3.64. The van der Waals surface area contributed by atoms with E-state index in [0.29, 0.717) is 31.2 Å². The summed E-state index contributed by atoms with van der Waals surface area (Å²) in [5.74, 6) is 3.05. The van der Waals surface area contributed by atoms with Crippen LogP contribution in [0.5, 0.6) is 17.2 Å². The molecule has 33 heavy (non-hydrogen) atoms. The quantitative estimate of drug-likeness (QED) is 0.350. The Hall–Kier alpha value is -2.41. The first kappa shape index (κ1) is 23.7. The lowest BCUT2D eigenvalue weighted by Crippen LogP contribution is -2.53. The number of methoxy groups -OCH3 is 2. The van der Waals surface area contributed by atoms with Crippen molar-refractivity contribution in [3.8, 4) is 17.2 Å². The van der Waals surface area contributed by atoms with E-state index in [9.17, 15) is 4.79 Å². The summed E-state index contributed by atoms with van der Waals surface area (Å²) in [5.41, 5.74) is 1.81. The lowest BCUT2D eigenvalue weighted by molar-refractivity contribution is 0.165. The fourth-order valence-electron chi connectivity index (χ4n) is 4.31. The van der Waals surface area contributed by atoms with E-state index in [1.54, 1.807) is 14.2 Å². The first-order valence-electron chi connectivity index (χ1n) is 11.7. The maximum Gasteiger partial charge on any atom is 0.325 e. The zero-order chi connectivity index (χ0) is 23.4. The van der Waals surface area contributed by atoms with Crippen molar-refractivity contribution in [2.24, 2.45) is 5.92 Å². The first-order valence-corrected chi connectivity index (χ1v) is 12.5. The summed E-state index contributed by atoms with van der Waals surface area (Å²) >= 11 is 3.49. The van der Waals surface area contributed by atoms with E-state index in [-0.39, 0.29) is 12.1 Å². The molecule has 2 amide bonds. The zero-order valence-corrected chi connectivity index (χ0v) is 21.3. The van der Waals surface area contributed by atoms with Gasteiger partial charge in [0.1, 0.15) is 5.75 Å². The lowest BCUT2D eigenvalue weighted by Gasteiger charge is -2.40. The van der Waals surface area contributed by atoms with E-state index >= 15 is 0 Å². The Labute approximate surface area is 204 Å². The van der Waals surface area contributed by atoms with Crippen LogP contribution >= 0.6 is 15.9 Å². The molecule has 1 saturated heterocycles. The van der Waals surface area contributed by atoms with Crippen LogP contribution in [0.3, 0.4) is 0 Å². The number of carbonyl (C=O) groups excluding carboxylic acids is 1. The maximum absolute atomic E-state index is 13.5. The molecule has 0 aromatic heterocycles. The number of ether oxygens (including phenoxy) is 3. The number of carbonyl (C=O) groups is 1. The van der Waals surface area contributed by atoms with Crippen LogP contribution in [0, 0.1) is 5.92 Å². The van der Waals surface area contributed by atoms with Crippen molar-refractivity contribution in [2.45, 2.75) is 51.6 Å². The molecule has 0 radical (unpaired) electrons. The first-order chi connectivity index (χ1) is 16.0. The third-order valence-corrected chi connectivity index (χ3v) is 7.03. The molecule has 1 aliphatic heterocycles. The molecule has 2 aromatic carbocycles. The highest BCUT2D eigenvalue weighted by atomic mass is 79.9. The number of urea groups is 1. The predicted molar refractivity (Wildman–Crippen MR) is 134 cm³/mol. The summed E-state index contributed by atoms with van der Waals surface area (Å²) in [6.07, 6.45) is 5.86. The van der Waals surface area contributed by atoms with Crippen LogP contribution in [0.4, 0.5) is 10.5 Å². The largest absolute Gasteiger partial charge is 0.496 e. The Morgan fingerprint density at radius 1 is 1.00 bits per heavy atom. The van der Waals surface area contributed by atoms with Gasteiger partial charge in [-0.15, -0.1) is 0 Å². The summed E-state index contributed by atoms with van der Waals surface area (Å²) in [6.45, 7) is 3.93. The second-order valence-corrected chi connectivity index (χ2v) is 9.84. The smallest absolute Gasteiger partial charge is 0.325 e.